The van der Waals surface area contributed by atoms with Crippen LogP contribution in [-0.2, 0) is 0 Å². The van der Waals surface area contributed by atoms with E-state index in [0.29, 0.717) is 0 Å². The first kappa shape index (κ1) is 9.21. The second-order valence-corrected chi connectivity index (χ2v) is 3.88. The van der Waals surface area contributed by atoms with Crippen molar-refractivity contribution in [3.05, 3.63) is 45.0 Å². The van der Waals surface area contributed by atoms with Crippen molar-refractivity contribution in [2.24, 2.45) is 0 Å². The van der Waals surface area contributed by atoms with E-state index >= 15 is 0 Å². The van der Waals surface area contributed by atoms with Crippen LogP contribution < -0.4 is 5.69 Å². The van der Waals surface area contributed by atoms with Gasteiger partial charge in [-0.1, -0.05) is 22.0 Å². The van der Waals surface area contributed by atoms with Crippen molar-refractivity contribution in [1.29, 1.82) is 0 Å². The van der Waals surface area contributed by atoms with Crippen molar-refractivity contribution in [3.63, 3.8) is 0 Å². The Morgan fingerprint density at radius 2 is 2.29 bits per heavy atom. The van der Waals surface area contributed by atoms with Gasteiger partial charge in [0.15, 0.2) is 0 Å². The number of aromatic nitrogens is 3. The summed E-state index contributed by atoms with van der Waals surface area (Å²) in [6, 6.07) is 5.76. The first-order valence-electron chi connectivity index (χ1n) is 4.07. The maximum atomic E-state index is 11.3. The number of hydrogen-bond donors (Lipinski definition) is 1. The number of H-pyrrole nitrogens is 1. The lowest BCUT2D eigenvalue weighted by Crippen LogP contribution is -2.14. The normalized spacial score (nSPS) is 10.4. The number of benzene rings is 1. The van der Waals surface area contributed by atoms with Gasteiger partial charge in [-0.05, 0) is 24.6 Å². The summed E-state index contributed by atoms with van der Waals surface area (Å²) in [6.45, 7) is 1.95. The highest BCUT2D eigenvalue weighted by Crippen LogP contribution is 2.17. The number of halogens is 1. The van der Waals surface area contributed by atoms with E-state index in [-0.39, 0.29) is 5.69 Å². The molecule has 5 heteroatoms. The molecule has 0 unspecified atom stereocenters. The maximum absolute atomic E-state index is 11.3. The van der Waals surface area contributed by atoms with E-state index in [1.807, 2.05) is 25.1 Å². The van der Waals surface area contributed by atoms with Gasteiger partial charge in [0.05, 0.1) is 5.69 Å². The Labute approximate surface area is 88.7 Å². The summed E-state index contributed by atoms with van der Waals surface area (Å²) in [4.78, 5) is 11.3. The van der Waals surface area contributed by atoms with E-state index < -0.39 is 0 Å². The standard InChI is InChI=1S/C9H8BrN3O/c1-6-2-3-7(10)4-8(6)13-5-11-12-9(13)14/h2-5H,1H3,(H,12,14). The monoisotopic (exact) mass is 253 g/mol. The second kappa shape index (κ2) is 3.42. The van der Waals surface area contributed by atoms with Gasteiger partial charge in [-0.2, -0.15) is 5.10 Å². The average molecular weight is 254 g/mol. The van der Waals surface area contributed by atoms with Crippen LogP contribution in [0.4, 0.5) is 0 Å². The topological polar surface area (TPSA) is 50.7 Å². The van der Waals surface area contributed by atoms with Gasteiger partial charge in [-0.15, -0.1) is 0 Å². The zero-order valence-corrected chi connectivity index (χ0v) is 9.08. The zero-order chi connectivity index (χ0) is 10.1. The molecule has 0 bridgehead atoms. The molecule has 0 atom stereocenters. The molecule has 0 aliphatic heterocycles. The molecule has 1 aromatic carbocycles. The molecule has 2 rings (SSSR count). The number of nitrogens with zero attached hydrogens (tertiary/aromatic N) is 2. The van der Waals surface area contributed by atoms with Crippen LogP contribution in [0.2, 0.25) is 0 Å². The number of hydrogen-bond acceptors (Lipinski definition) is 2. The quantitative estimate of drug-likeness (QED) is 0.840. The van der Waals surface area contributed by atoms with Crippen LogP contribution in [0.5, 0.6) is 0 Å². The Kier molecular flexibility index (Phi) is 2.25. The molecular formula is C9H8BrN3O. The van der Waals surface area contributed by atoms with Crippen LogP contribution >= 0.6 is 15.9 Å². The van der Waals surface area contributed by atoms with Crippen LogP contribution in [0.25, 0.3) is 5.69 Å². The van der Waals surface area contributed by atoms with Crippen LogP contribution in [-0.4, -0.2) is 14.8 Å². The predicted molar refractivity (Wildman–Crippen MR) is 56.6 cm³/mol. The van der Waals surface area contributed by atoms with Gasteiger partial charge in [-0.25, -0.2) is 14.5 Å². The highest BCUT2D eigenvalue weighted by molar-refractivity contribution is 9.10. The third-order valence-corrected chi connectivity index (χ3v) is 2.48. The highest BCUT2D eigenvalue weighted by Gasteiger charge is 2.04. The molecule has 0 spiro atoms. The van der Waals surface area contributed by atoms with Crippen molar-refractivity contribution < 1.29 is 0 Å². The lowest BCUT2D eigenvalue weighted by molar-refractivity contribution is 0.971. The van der Waals surface area contributed by atoms with Crippen molar-refractivity contribution in [3.8, 4) is 5.69 Å². The Balaban J connectivity index is 2.68. The summed E-state index contributed by atoms with van der Waals surface area (Å²) < 4.78 is 2.41. The van der Waals surface area contributed by atoms with Crippen LogP contribution in [0.15, 0.2) is 33.8 Å². The fourth-order valence-electron chi connectivity index (χ4n) is 1.26. The molecule has 1 aromatic heterocycles. The minimum atomic E-state index is -0.230. The van der Waals surface area contributed by atoms with Crippen molar-refractivity contribution >= 4 is 15.9 Å². The zero-order valence-electron chi connectivity index (χ0n) is 7.49. The van der Waals surface area contributed by atoms with Gasteiger partial charge >= 0.3 is 5.69 Å². The number of rotatable bonds is 1. The molecule has 0 radical (unpaired) electrons. The second-order valence-electron chi connectivity index (χ2n) is 2.96. The van der Waals surface area contributed by atoms with Gasteiger partial charge in [0, 0.05) is 4.47 Å². The number of aromatic amines is 1. The fourth-order valence-corrected chi connectivity index (χ4v) is 1.61. The van der Waals surface area contributed by atoms with Crippen molar-refractivity contribution in [2.45, 2.75) is 6.92 Å². The molecule has 0 amide bonds. The molecule has 0 saturated heterocycles. The summed E-state index contributed by atoms with van der Waals surface area (Å²) in [5.41, 5.74) is 1.63. The Hall–Kier alpha value is -1.36. The molecule has 0 aliphatic rings. The average Bonchev–Trinajstić information content (AvgIpc) is 2.56. The number of nitrogens with one attached hydrogen (secondary N) is 1. The van der Waals surface area contributed by atoms with Gasteiger partial charge in [0.2, 0.25) is 0 Å². The third kappa shape index (κ3) is 1.50. The Bertz CT molecular complexity index is 515. The summed E-state index contributed by atoms with van der Waals surface area (Å²) >= 11 is 3.36. The minimum Gasteiger partial charge on any atom is -0.249 e. The van der Waals surface area contributed by atoms with Gasteiger partial charge in [0.1, 0.15) is 6.33 Å². The lowest BCUT2D eigenvalue weighted by Gasteiger charge is -2.04. The molecule has 2 aromatic rings. The maximum Gasteiger partial charge on any atom is 0.347 e. The van der Waals surface area contributed by atoms with Crippen molar-refractivity contribution in [1.82, 2.24) is 14.8 Å². The molecule has 4 nitrogen and oxygen atoms in total. The highest BCUT2D eigenvalue weighted by atomic mass is 79.9. The summed E-state index contributed by atoms with van der Waals surface area (Å²) in [5.74, 6) is 0. The molecule has 0 saturated carbocycles. The Morgan fingerprint density at radius 3 is 2.93 bits per heavy atom. The van der Waals surface area contributed by atoms with Crippen LogP contribution in [0.3, 0.4) is 0 Å². The van der Waals surface area contributed by atoms with Gasteiger partial charge < -0.3 is 0 Å². The molecule has 0 aliphatic carbocycles. The summed E-state index contributed by atoms with van der Waals surface area (Å²) in [7, 11) is 0. The van der Waals surface area contributed by atoms with E-state index in [0.717, 1.165) is 15.7 Å². The van der Waals surface area contributed by atoms with Gasteiger partial charge in [-0.3, -0.25) is 0 Å². The first-order valence-corrected chi connectivity index (χ1v) is 4.86. The first-order chi connectivity index (χ1) is 6.68. The van der Waals surface area contributed by atoms with Crippen LogP contribution in [0, 0.1) is 6.92 Å². The molecule has 0 fully saturated rings. The molecule has 72 valence electrons. The third-order valence-electron chi connectivity index (χ3n) is 1.98. The van der Waals surface area contributed by atoms with E-state index in [4.69, 9.17) is 0 Å². The SMILES string of the molecule is Cc1ccc(Br)cc1-n1cn[nH]c1=O. The summed E-state index contributed by atoms with van der Waals surface area (Å²) in [5, 5.41) is 6.03. The number of aryl methyl sites for hydroxylation is 1. The lowest BCUT2D eigenvalue weighted by atomic mass is 10.2. The fraction of sp³-hybridized carbons (Fsp3) is 0.111. The van der Waals surface area contributed by atoms with E-state index in [2.05, 4.69) is 26.1 Å². The van der Waals surface area contributed by atoms with Gasteiger partial charge in [0.25, 0.3) is 0 Å². The Morgan fingerprint density at radius 1 is 1.50 bits per heavy atom. The van der Waals surface area contributed by atoms with Crippen molar-refractivity contribution in [2.75, 3.05) is 0 Å². The smallest absolute Gasteiger partial charge is 0.249 e. The van der Waals surface area contributed by atoms with E-state index in [1.54, 1.807) is 0 Å². The van der Waals surface area contributed by atoms with E-state index in [1.165, 1.54) is 10.9 Å². The predicted octanol–water partition coefficient (Wildman–Crippen LogP) is 1.63. The molecule has 1 heterocycles. The van der Waals surface area contributed by atoms with Crippen LogP contribution in [0.1, 0.15) is 5.56 Å². The largest absolute Gasteiger partial charge is 0.347 e. The minimum absolute atomic E-state index is 0.230. The molecular weight excluding hydrogens is 246 g/mol. The summed E-state index contributed by atoms with van der Waals surface area (Å²) in [6.07, 6.45) is 1.47. The molecule has 1 N–H and O–H groups in total. The van der Waals surface area contributed by atoms with E-state index in [9.17, 15) is 4.79 Å². The molecule has 14 heavy (non-hydrogen) atoms.